The molecule has 0 spiro atoms. The monoisotopic (exact) mass is 381 g/mol. The van der Waals surface area contributed by atoms with Crippen LogP contribution in [-0.2, 0) is 19.7 Å². The zero-order chi connectivity index (χ0) is 19.7. The fourth-order valence-electron chi connectivity index (χ4n) is 3.31. The summed E-state index contributed by atoms with van der Waals surface area (Å²) in [6, 6.07) is 13.2. The van der Waals surface area contributed by atoms with Crippen LogP contribution in [0.4, 0.5) is 0 Å². The predicted octanol–water partition coefficient (Wildman–Crippen LogP) is 3.07. The number of fused-ring (bicyclic) bond motifs is 1. The average Bonchev–Trinajstić information content (AvgIpc) is 3.29. The summed E-state index contributed by atoms with van der Waals surface area (Å²) in [5.41, 5.74) is 2.33. The molecule has 4 rings (SSSR count). The highest BCUT2D eigenvalue weighted by Crippen LogP contribution is 2.23. The maximum absolute atomic E-state index is 13.0. The van der Waals surface area contributed by atoms with Crippen LogP contribution < -0.4 is 4.74 Å². The Morgan fingerprint density at radius 1 is 1.29 bits per heavy atom. The van der Waals surface area contributed by atoms with Crippen molar-refractivity contribution in [3.63, 3.8) is 0 Å². The van der Waals surface area contributed by atoms with Crippen molar-refractivity contribution in [2.75, 3.05) is 6.54 Å². The van der Waals surface area contributed by atoms with E-state index in [9.17, 15) is 9.90 Å². The molecule has 1 atom stereocenters. The molecule has 0 bridgehead atoms. The molecule has 0 saturated carbocycles. The Hall–Kier alpha value is -3.06. The van der Waals surface area contributed by atoms with Crippen LogP contribution in [0.15, 0.2) is 46.9 Å². The molecule has 1 aromatic carbocycles. The van der Waals surface area contributed by atoms with Crippen molar-refractivity contribution >= 4 is 5.91 Å². The lowest BCUT2D eigenvalue weighted by Gasteiger charge is -2.27. The number of aliphatic hydroxyl groups is 1. The molecule has 0 fully saturated rings. The van der Waals surface area contributed by atoms with E-state index >= 15 is 0 Å². The zero-order valence-corrected chi connectivity index (χ0v) is 16.0. The number of carbonyl (C=O) groups excluding carboxylic acids is 1. The predicted molar refractivity (Wildman–Crippen MR) is 102 cm³/mol. The van der Waals surface area contributed by atoms with Crippen LogP contribution >= 0.6 is 0 Å². The lowest BCUT2D eigenvalue weighted by molar-refractivity contribution is 0.0668. The van der Waals surface area contributed by atoms with Crippen LogP contribution in [0.3, 0.4) is 0 Å². The summed E-state index contributed by atoms with van der Waals surface area (Å²) in [5.74, 6) is 1.57. The molecule has 0 radical (unpaired) electrons. The topological polar surface area (TPSA) is 80.7 Å². The van der Waals surface area contributed by atoms with Gasteiger partial charge in [-0.25, -0.2) is 0 Å². The summed E-state index contributed by atoms with van der Waals surface area (Å²) in [6.45, 7) is 5.39. The first-order valence-corrected chi connectivity index (χ1v) is 9.32. The molecular formula is C21H23N3O4. The molecule has 146 valence electrons. The van der Waals surface area contributed by atoms with Gasteiger partial charge in [0.05, 0.1) is 30.6 Å². The molecule has 2 aromatic heterocycles. The van der Waals surface area contributed by atoms with Crippen molar-refractivity contribution in [1.29, 1.82) is 0 Å². The van der Waals surface area contributed by atoms with E-state index in [2.05, 4.69) is 5.10 Å². The van der Waals surface area contributed by atoms with E-state index in [4.69, 9.17) is 9.15 Å². The molecular weight excluding hydrogens is 358 g/mol. The molecule has 1 N–H and O–H groups in total. The normalized spacial score (nSPS) is 14.6. The Morgan fingerprint density at radius 3 is 2.82 bits per heavy atom. The Bertz CT molecular complexity index is 975. The van der Waals surface area contributed by atoms with Gasteiger partial charge in [0.1, 0.15) is 18.1 Å². The summed E-state index contributed by atoms with van der Waals surface area (Å²) < 4.78 is 13.4. The molecule has 1 amide bonds. The number of rotatable bonds is 5. The number of aliphatic hydroxyl groups excluding tert-OH is 1. The second-order valence-corrected chi connectivity index (χ2v) is 7.01. The van der Waals surface area contributed by atoms with Crippen LogP contribution in [0.25, 0.3) is 0 Å². The van der Waals surface area contributed by atoms with Crippen molar-refractivity contribution in [3.8, 4) is 5.75 Å². The standard InChI is InChI=1S/C21H23N3O4/c1-14-10-18(13-27-17-6-4-3-5-7-17)28-20(14)21(26)23-8-9-24-16(12-23)11-19(22-24)15(2)25/h3-7,10-11,15,25H,8-9,12-13H2,1-2H3. The fourth-order valence-corrected chi connectivity index (χ4v) is 3.31. The van der Waals surface area contributed by atoms with Crippen molar-refractivity contribution in [1.82, 2.24) is 14.7 Å². The van der Waals surface area contributed by atoms with E-state index in [1.54, 1.807) is 11.8 Å². The number of benzene rings is 1. The number of ether oxygens (including phenoxy) is 1. The number of amides is 1. The molecule has 1 aliphatic heterocycles. The van der Waals surface area contributed by atoms with E-state index in [1.807, 2.05) is 54.1 Å². The van der Waals surface area contributed by atoms with Gasteiger partial charge in [0.2, 0.25) is 0 Å². The van der Waals surface area contributed by atoms with E-state index in [-0.39, 0.29) is 12.5 Å². The lowest BCUT2D eigenvalue weighted by atomic mass is 10.2. The maximum atomic E-state index is 13.0. The van der Waals surface area contributed by atoms with E-state index in [0.717, 1.165) is 17.0 Å². The van der Waals surface area contributed by atoms with Gasteiger partial charge in [-0.05, 0) is 38.1 Å². The maximum Gasteiger partial charge on any atom is 0.290 e. The van der Waals surface area contributed by atoms with Crippen LogP contribution in [0.1, 0.15) is 46.3 Å². The van der Waals surface area contributed by atoms with E-state index in [1.165, 1.54) is 0 Å². The molecule has 0 saturated heterocycles. The third-order valence-corrected chi connectivity index (χ3v) is 4.82. The molecule has 28 heavy (non-hydrogen) atoms. The molecule has 7 nitrogen and oxygen atoms in total. The van der Waals surface area contributed by atoms with Crippen LogP contribution in [0.5, 0.6) is 5.75 Å². The third-order valence-electron chi connectivity index (χ3n) is 4.82. The Balaban J connectivity index is 1.45. The highest BCUT2D eigenvalue weighted by molar-refractivity contribution is 5.93. The summed E-state index contributed by atoms with van der Waals surface area (Å²) in [4.78, 5) is 14.7. The van der Waals surface area contributed by atoms with Gasteiger partial charge < -0.3 is 19.2 Å². The molecule has 0 aliphatic carbocycles. The Kier molecular flexibility index (Phi) is 4.92. The van der Waals surface area contributed by atoms with Crippen LogP contribution in [0.2, 0.25) is 0 Å². The van der Waals surface area contributed by atoms with E-state index in [0.29, 0.717) is 36.8 Å². The Labute approximate surface area is 163 Å². The summed E-state index contributed by atoms with van der Waals surface area (Å²) in [6.07, 6.45) is -0.623. The second-order valence-electron chi connectivity index (χ2n) is 7.01. The number of hydrogen-bond donors (Lipinski definition) is 1. The number of hydrogen-bond acceptors (Lipinski definition) is 5. The highest BCUT2D eigenvalue weighted by Gasteiger charge is 2.27. The molecule has 3 heterocycles. The van der Waals surface area contributed by atoms with Gasteiger partial charge in [0.15, 0.2) is 5.76 Å². The van der Waals surface area contributed by atoms with Gasteiger partial charge >= 0.3 is 0 Å². The number of carbonyl (C=O) groups is 1. The number of para-hydroxylation sites is 1. The van der Waals surface area contributed by atoms with Crippen molar-refractivity contribution in [2.24, 2.45) is 0 Å². The second kappa shape index (κ2) is 7.52. The van der Waals surface area contributed by atoms with Gasteiger partial charge in [-0.2, -0.15) is 5.10 Å². The van der Waals surface area contributed by atoms with Gasteiger partial charge in [-0.3, -0.25) is 9.48 Å². The Morgan fingerprint density at radius 2 is 2.07 bits per heavy atom. The smallest absolute Gasteiger partial charge is 0.290 e. The number of furan rings is 1. The van der Waals surface area contributed by atoms with E-state index < -0.39 is 6.10 Å². The fraction of sp³-hybridized carbons (Fsp3) is 0.333. The first-order valence-electron chi connectivity index (χ1n) is 9.32. The highest BCUT2D eigenvalue weighted by atomic mass is 16.5. The van der Waals surface area contributed by atoms with Crippen molar-refractivity contribution in [3.05, 3.63) is 70.9 Å². The van der Waals surface area contributed by atoms with Crippen LogP contribution in [-0.4, -0.2) is 32.2 Å². The molecule has 1 aliphatic rings. The summed E-state index contributed by atoms with van der Waals surface area (Å²) in [7, 11) is 0. The van der Waals surface area contributed by atoms with Gasteiger partial charge in [0, 0.05) is 12.1 Å². The molecule has 1 unspecified atom stereocenters. The molecule has 7 heteroatoms. The minimum absolute atomic E-state index is 0.144. The average molecular weight is 381 g/mol. The van der Waals surface area contributed by atoms with Crippen molar-refractivity contribution in [2.45, 2.75) is 39.6 Å². The quantitative estimate of drug-likeness (QED) is 0.735. The van der Waals surface area contributed by atoms with Gasteiger partial charge in [0.25, 0.3) is 5.91 Å². The zero-order valence-electron chi connectivity index (χ0n) is 16.0. The number of aromatic nitrogens is 2. The molecule has 3 aromatic rings. The SMILES string of the molecule is Cc1cc(COc2ccccc2)oc1C(=O)N1CCn2nc(C(C)O)cc2C1. The minimum atomic E-state index is -0.623. The largest absolute Gasteiger partial charge is 0.486 e. The van der Waals surface area contributed by atoms with Gasteiger partial charge in [-0.1, -0.05) is 18.2 Å². The minimum Gasteiger partial charge on any atom is -0.486 e. The van der Waals surface area contributed by atoms with Gasteiger partial charge in [-0.15, -0.1) is 0 Å². The van der Waals surface area contributed by atoms with Crippen LogP contribution in [0, 0.1) is 6.92 Å². The lowest BCUT2D eigenvalue weighted by Crippen LogP contribution is -2.38. The first-order chi connectivity index (χ1) is 13.5. The summed E-state index contributed by atoms with van der Waals surface area (Å²) in [5, 5.41) is 14.1. The first kappa shape index (κ1) is 18.3. The third kappa shape index (κ3) is 3.66. The number of aryl methyl sites for hydroxylation is 1. The number of nitrogens with zero attached hydrogens (tertiary/aromatic N) is 3. The van der Waals surface area contributed by atoms with Crippen molar-refractivity contribution < 1.29 is 19.1 Å². The summed E-state index contributed by atoms with van der Waals surface area (Å²) >= 11 is 0.